The van der Waals surface area contributed by atoms with Crippen molar-refractivity contribution in [1.82, 2.24) is 4.31 Å². The summed E-state index contributed by atoms with van der Waals surface area (Å²) in [6, 6.07) is 11.2. The van der Waals surface area contributed by atoms with E-state index in [4.69, 9.17) is 9.47 Å². The highest BCUT2D eigenvalue weighted by Gasteiger charge is 2.27. The van der Waals surface area contributed by atoms with Crippen LogP contribution >= 0.6 is 0 Å². The summed E-state index contributed by atoms with van der Waals surface area (Å²) in [6.45, 7) is 3.25. The smallest absolute Gasteiger partial charge is 0.255 e. The third-order valence-corrected chi connectivity index (χ3v) is 6.70. The van der Waals surface area contributed by atoms with Crippen molar-refractivity contribution >= 4 is 21.6 Å². The molecule has 0 unspecified atom stereocenters. The minimum atomic E-state index is -3.62. The van der Waals surface area contributed by atoms with Crippen LogP contribution in [0.1, 0.15) is 36.5 Å². The van der Waals surface area contributed by atoms with E-state index in [1.165, 1.54) is 16.4 Å². The van der Waals surface area contributed by atoms with Gasteiger partial charge in [0, 0.05) is 18.7 Å². The van der Waals surface area contributed by atoms with Crippen LogP contribution in [0.15, 0.2) is 47.4 Å². The SMILES string of the molecule is CCOc1ccc(S(=O)(=O)N2CCCCC2)cc1NC(=O)c1ccc(OC)cc1. The summed E-state index contributed by atoms with van der Waals surface area (Å²) < 4.78 is 38.2. The van der Waals surface area contributed by atoms with E-state index in [2.05, 4.69) is 5.32 Å². The largest absolute Gasteiger partial charge is 0.497 e. The molecule has 0 spiro atoms. The topological polar surface area (TPSA) is 84.9 Å². The normalized spacial score (nSPS) is 15.0. The fourth-order valence-corrected chi connectivity index (χ4v) is 4.78. The van der Waals surface area contributed by atoms with Crippen molar-refractivity contribution in [1.29, 1.82) is 0 Å². The minimum absolute atomic E-state index is 0.146. The molecule has 29 heavy (non-hydrogen) atoms. The first-order valence-corrected chi connectivity index (χ1v) is 11.1. The second-order valence-corrected chi connectivity index (χ2v) is 8.68. The number of nitrogens with zero attached hydrogens (tertiary/aromatic N) is 1. The van der Waals surface area contributed by atoms with E-state index in [0.717, 1.165) is 19.3 Å². The summed E-state index contributed by atoms with van der Waals surface area (Å²) in [4.78, 5) is 12.8. The maximum absolute atomic E-state index is 13.0. The molecule has 1 fully saturated rings. The molecule has 2 aromatic carbocycles. The Bertz CT molecular complexity index is 952. The van der Waals surface area contributed by atoms with E-state index in [-0.39, 0.29) is 10.8 Å². The minimum Gasteiger partial charge on any atom is -0.497 e. The quantitative estimate of drug-likeness (QED) is 0.744. The molecular weight excluding hydrogens is 392 g/mol. The van der Waals surface area contributed by atoms with Gasteiger partial charge in [0.05, 0.1) is 24.3 Å². The van der Waals surface area contributed by atoms with Crippen LogP contribution in [0.5, 0.6) is 11.5 Å². The van der Waals surface area contributed by atoms with Crippen LogP contribution in [0.25, 0.3) is 0 Å². The average Bonchev–Trinajstić information content (AvgIpc) is 2.75. The first-order chi connectivity index (χ1) is 14.0. The van der Waals surface area contributed by atoms with Gasteiger partial charge in [0.1, 0.15) is 11.5 Å². The van der Waals surface area contributed by atoms with Gasteiger partial charge >= 0.3 is 0 Å². The van der Waals surface area contributed by atoms with Crippen LogP contribution in [0.4, 0.5) is 5.69 Å². The summed E-state index contributed by atoms with van der Waals surface area (Å²) in [5.74, 6) is 0.708. The van der Waals surface area contributed by atoms with E-state index in [1.807, 2.05) is 6.92 Å². The third-order valence-electron chi connectivity index (χ3n) is 4.80. The van der Waals surface area contributed by atoms with Gasteiger partial charge in [-0.2, -0.15) is 4.31 Å². The molecule has 0 radical (unpaired) electrons. The molecule has 8 heteroatoms. The first kappa shape index (κ1) is 21.1. The summed E-state index contributed by atoms with van der Waals surface area (Å²) in [5.41, 5.74) is 0.753. The molecule has 1 saturated heterocycles. The molecule has 0 bridgehead atoms. The fraction of sp³-hybridized carbons (Fsp3) is 0.381. The standard InChI is InChI=1S/C21H26N2O5S/c1-3-28-20-12-11-18(29(25,26)23-13-5-4-6-14-23)15-19(20)22-21(24)16-7-9-17(27-2)10-8-16/h7-12,15H,3-6,13-14H2,1-2H3,(H,22,24). The zero-order chi connectivity index (χ0) is 20.9. The van der Waals surface area contributed by atoms with Gasteiger partial charge in [-0.15, -0.1) is 0 Å². The highest BCUT2D eigenvalue weighted by molar-refractivity contribution is 7.89. The van der Waals surface area contributed by atoms with Crippen LogP contribution in [-0.2, 0) is 10.0 Å². The number of carbonyl (C=O) groups is 1. The Morgan fingerprint density at radius 1 is 1.07 bits per heavy atom. The molecule has 1 aliphatic heterocycles. The van der Waals surface area contributed by atoms with Crippen LogP contribution in [0.2, 0.25) is 0 Å². The highest BCUT2D eigenvalue weighted by Crippen LogP contribution is 2.30. The average molecular weight is 419 g/mol. The molecule has 1 heterocycles. The van der Waals surface area contributed by atoms with Gasteiger partial charge < -0.3 is 14.8 Å². The molecule has 7 nitrogen and oxygen atoms in total. The van der Waals surface area contributed by atoms with Gasteiger partial charge in [-0.25, -0.2) is 8.42 Å². The molecule has 1 amide bonds. The Hall–Kier alpha value is -2.58. The number of hydrogen-bond donors (Lipinski definition) is 1. The van der Waals surface area contributed by atoms with Crippen molar-refractivity contribution in [3.05, 3.63) is 48.0 Å². The Balaban J connectivity index is 1.89. The Kier molecular flexibility index (Phi) is 6.76. The number of amides is 1. The molecule has 0 atom stereocenters. The maximum atomic E-state index is 13.0. The van der Waals surface area contributed by atoms with E-state index in [1.54, 1.807) is 37.4 Å². The zero-order valence-electron chi connectivity index (χ0n) is 16.7. The Morgan fingerprint density at radius 2 is 1.76 bits per heavy atom. The lowest BCUT2D eigenvalue weighted by Gasteiger charge is -2.26. The van der Waals surface area contributed by atoms with Crippen molar-refractivity contribution in [2.24, 2.45) is 0 Å². The number of piperidine rings is 1. The number of carbonyl (C=O) groups excluding carboxylic acids is 1. The second kappa shape index (κ2) is 9.28. The highest BCUT2D eigenvalue weighted by atomic mass is 32.2. The molecule has 156 valence electrons. The van der Waals surface area contributed by atoms with Gasteiger partial charge in [-0.1, -0.05) is 6.42 Å². The van der Waals surface area contributed by atoms with Gasteiger partial charge in [0.25, 0.3) is 5.91 Å². The summed E-state index contributed by atoms with van der Waals surface area (Å²) in [7, 11) is -2.06. The number of anilines is 1. The second-order valence-electron chi connectivity index (χ2n) is 6.74. The molecule has 0 saturated carbocycles. The van der Waals surface area contributed by atoms with E-state index < -0.39 is 10.0 Å². The van der Waals surface area contributed by atoms with Crippen molar-refractivity contribution in [3.8, 4) is 11.5 Å². The predicted molar refractivity (Wildman–Crippen MR) is 111 cm³/mol. The number of rotatable bonds is 7. The molecule has 0 aliphatic carbocycles. The molecule has 3 rings (SSSR count). The number of nitrogens with one attached hydrogen (secondary N) is 1. The van der Waals surface area contributed by atoms with Crippen molar-refractivity contribution < 1.29 is 22.7 Å². The lowest BCUT2D eigenvalue weighted by atomic mass is 10.2. The Morgan fingerprint density at radius 3 is 2.38 bits per heavy atom. The van der Waals surface area contributed by atoms with Crippen LogP contribution in [-0.4, -0.2) is 45.4 Å². The van der Waals surface area contributed by atoms with Gasteiger partial charge in [-0.3, -0.25) is 4.79 Å². The number of sulfonamides is 1. The zero-order valence-corrected chi connectivity index (χ0v) is 17.5. The summed E-state index contributed by atoms with van der Waals surface area (Å²) >= 11 is 0. The molecule has 1 aliphatic rings. The van der Waals surface area contributed by atoms with Crippen LogP contribution < -0.4 is 14.8 Å². The Labute approximate surface area is 171 Å². The van der Waals surface area contributed by atoms with E-state index in [0.29, 0.717) is 42.4 Å². The van der Waals surface area contributed by atoms with Crippen LogP contribution in [0, 0.1) is 0 Å². The monoisotopic (exact) mass is 418 g/mol. The molecular formula is C21H26N2O5S. The summed E-state index contributed by atoms with van der Waals surface area (Å²) in [5, 5.41) is 2.78. The van der Waals surface area contributed by atoms with E-state index >= 15 is 0 Å². The first-order valence-electron chi connectivity index (χ1n) is 9.68. The lowest BCUT2D eigenvalue weighted by molar-refractivity contribution is 0.102. The number of methoxy groups -OCH3 is 1. The summed E-state index contributed by atoms with van der Waals surface area (Å²) in [6.07, 6.45) is 2.76. The van der Waals surface area contributed by atoms with Gasteiger partial charge in [0.15, 0.2) is 0 Å². The molecule has 0 aromatic heterocycles. The van der Waals surface area contributed by atoms with E-state index in [9.17, 15) is 13.2 Å². The maximum Gasteiger partial charge on any atom is 0.255 e. The number of benzene rings is 2. The predicted octanol–water partition coefficient (Wildman–Crippen LogP) is 3.52. The van der Waals surface area contributed by atoms with Gasteiger partial charge in [-0.05, 0) is 62.2 Å². The number of hydrogen-bond acceptors (Lipinski definition) is 5. The number of ether oxygens (including phenoxy) is 2. The van der Waals surface area contributed by atoms with Crippen molar-refractivity contribution in [3.63, 3.8) is 0 Å². The molecule has 1 N–H and O–H groups in total. The van der Waals surface area contributed by atoms with Crippen molar-refractivity contribution in [2.45, 2.75) is 31.1 Å². The fourth-order valence-electron chi connectivity index (χ4n) is 3.24. The van der Waals surface area contributed by atoms with Crippen molar-refractivity contribution in [2.75, 3.05) is 32.1 Å². The molecule has 2 aromatic rings. The van der Waals surface area contributed by atoms with Gasteiger partial charge in [0.2, 0.25) is 10.0 Å². The third kappa shape index (κ3) is 4.89. The lowest BCUT2D eigenvalue weighted by Crippen LogP contribution is -2.35. The van der Waals surface area contributed by atoms with Crippen LogP contribution in [0.3, 0.4) is 0 Å².